The predicted molar refractivity (Wildman–Crippen MR) is 81.6 cm³/mol. The maximum absolute atomic E-state index is 12.8. The molecule has 1 aliphatic heterocycles. The molecule has 1 saturated heterocycles. The van der Waals surface area contributed by atoms with Crippen molar-refractivity contribution in [2.45, 2.75) is 30.7 Å². The first-order valence-corrected chi connectivity index (χ1v) is 8.73. The van der Waals surface area contributed by atoms with Crippen LogP contribution in [0.25, 0.3) is 0 Å². The third-order valence-electron chi connectivity index (χ3n) is 3.68. The van der Waals surface area contributed by atoms with E-state index in [0.717, 1.165) is 12.8 Å². The number of benzene rings is 1. The lowest BCUT2D eigenvalue weighted by atomic mass is 9.94. The molecule has 2 atom stereocenters. The van der Waals surface area contributed by atoms with Gasteiger partial charge in [0.05, 0.1) is 5.02 Å². The van der Waals surface area contributed by atoms with Crippen LogP contribution in [0.15, 0.2) is 23.1 Å². The van der Waals surface area contributed by atoms with Crippen molar-refractivity contribution in [3.05, 3.63) is 28.2 Å². The lowest BCUT2D eigenvalue weighted by Gasteiger charge is -2.37. The van der Waals surface area contributed by atoms with E-state index >= 15 is 0 Å². The molecule has 0 aliphatic carbocycles. The number of piperidine rings is 1. The second-order valence-corrected chi connectivity index (χ2v) is 7.91. The molecule has 0 amide bonds. The number of rotatable bonds is 3. The highest BCUT2D eigenvalue weighted by Crippen LogP contribution is 2.32. The van der Waals surface area contributed by atoms with E-state index in [4.69, 9.17) is 28.9 Å². The van der Waals surface area contributed by atoms with E-state index in [2.05, 4.69) is 6.92 Å². The second-order valence-electron chi connectivity index (χ2n) is 5.21. The van der Waals surface area contributed by atoms with E-state index in [1.165, 1.54) is 16.4 Å². The minimum absolute atomic E-state index is 0.0552. The quantitative estimate of drug-likeness (QED) is 0.922. The van der Waals surface area contributed by atoms with Crippen LogP contribution in [0.5, 0.6) is 0 Å². The zero-order valence-electron chi connectivity index (χ0n) is 11.2. The van der Waals surface area contributed by atoms with Gasteiger partial charge in [-0.15, -0.1) is 0 Å². The number of halogens is 2. The summed E-state index contributed by atoms with van der Waals surface area (Å²) in [6.07, 6.45) is 1.60. The Morgan fingerprint density at radius 1 is 1.40 bits per heavy atom. The first kappa shape index (κ1) is 16.0. The third-order valence-corrected chi connectivity index (χ3v) is 6.34. The zero-order valence-corrected chi connectivity index (χ0v) is 13.5. The molecule has 0 spiro atoms. The second kappa shape index (κ2) is 6.20. The Bertz CT molecular complexity index is 592. The highest BCUT2D eigenvalue weighted by molar-refractivity contribution is 7.89. The van der Waals surface area contributed by atoms with E-state index in [0.29, 0.717) is 24.0 Å². The predicted octanol–water partition coefficient (Wildman–Crippen LogP) is 2.74. The molecule has 112 valence electrons. The molecule has 4 nitrogen and oxygen atoms in total. The van der Waals surface area contributed by atoms with Gasteiger partial charge in [0.1, 0.15) is 4.90 Å². The van der Waals surface area contributed by atoms with Crippen LogP contribution in [0, 0.1) is 5.92 Å². The van der Waals surface area contributed by atoms with Crippen molar-refractivity contribution >= 4 is 33.2 Å². The molecule has 0 bridgehead atoms. The Balaban J connectivity index is 2.41. The van der Waals surface area contributed by atoms with Gasteiger partial charge in [-0.2, -0.15) is 4.31 Å². The SMILES string of the molecule is CC1CCN(S(=O)(=O)c2cc(Cl)ccc2Cl)C(CN)C1. The maximum atomic E-state index is 12.8. The van der Waals surface area contributed by atoms with Gasteiger partial charge >= 0.3 is 0 Å². The fraction of sp³-hybridized carbons (Fsp3) is 0.538. The van der Waals surface area contributed by atoms with Crippen molar-refractivity contribution in [3.8, 4) is 0 Å². The van der Waals surface area contributed by atoms with Crippen LogP contribution in [0.3, 0.4) is 0 Å². The van der Waals surface area contributed by atoms with Crippen molar-refractivity contribution < 1.29 is 8.42 Å². The molecule has 0 aromatic heterocycles. The highest BCUT2D eigenvalue weighted by Gasteiger charge is 2.36. The van der Waals surface area contributed by atoms with Gasteiger partial charge in [0.25, 0.3) is 0 Å². The van der Waals surface area contributed by atoms with Crippen molar-refractivity contribution in [3.63, 3.8) is 0 Å². The van der Waals surface area contributed by atoms with Gasteiger partial charge in [0, 0.05) is 24.2 Å². The lowest BCUT2D eigenvalue weighted by Crippen LogP contribution is -2.49. The lowest BCUT2D eigenvalue weighted by molar-refractivity contribution is 0.211. The molecule has 1 fully saturated rings. The van der Waals surface area contributed by atoms with Gasteiger partial charge in [-0.1, -0.05) is 30.1 Å². The number of hydrogen-bond acceptors (Lipinski definition) is 3. The van der Waals surface area contributed by atoms with Gasteiger partial charge in [-0.3, -0.25) is 0 Å². The standard InChI is InChI=1S/C13H18Cl2N2O2S/c1-9-4-5-17(11(6-9)8-16)20(18,19)13-7-10(14)2-3-12(13)15/h2-3,7,9,11H,4-6,8,16H2,1H3. The largest absolute Gasteiger partial charge is 0.329 e. The molecule has 20 heavy (non-hydrogen) atoms. The number of nitrogens with two attached hydrogens (primary N) is 1. The molecule has 2 unspecified atom stereocenters. The Kier molecular flexibility index (Phi) is 4.97. The summed E-state index contributed by atoms with van der Waals surface area (Å²) in [6.45, 7) is 2.88. The van der Waals surface area contributed by atoms with E-state index < -0.39 is 10.0 Å². The Hall–Kier alpha value is -0.330. The summed E-state index contributed by atoms with van der Waals surface area (Å²) in [5.74, 6) is 0.477. The zero-order chi connectivity index (χ0) is 14.9. The normalized spacial score (nSPS) is 24.8. The summed E-state index contributed by atoms with van der Waals surface area (Å²) in [6, 6.07) is 4.28. The Morgan fingerprint density at radius 2 is 2.10 bits per heavy atom. The average Bonchev–Trinajstić information content (AvgIpc) is 2.40. The average molecular weight is 337 g/mol. The summed E-state index contributed by atoms with van der Waals surface area (Å²) in [4.78, 5) is 0.0552. The minimum Gasteiger partial charge on any atom is -0.329 e. The molecular formula is C13H18Cl2N2O2S. The summed E-state index contributed by atoms with van der Waals surface area (Å²) in [5.41, 5.74) is 5.73. The van der Waals surface area contributed by atoms with E-state index in [9.17, 15) is 8.42 Å². The monoisotopic (exact) mass is 336 g/mol. The van der Waals surface area contributed by atoms with E-state index in [1.54, 1.807) is 6.07 Å². The van der Waals surface area contributed by atoms with Crippen molar-refractivity contribution in [2.75, 3.05) is 13.1 Å². The van der Waals surface area contributed by atoms with E-state index in [-0.39, 0.29) is 16.0 Å². The van der Waals surface area contributed by atoms with Crippen molar-refractivity contribution in [1.82, 2.24) is 4.31 Å². The fourth-order valence-corrected chi connectivity index (χ4v) is 4.96. The molecule has 7 heteroatoms. The first-order valence-electron chi connectivity index (χ1n) is 6.53. The molecule has 1 aromatic rings. The van der Waals surface area contributed by atoms with Crippen LogP contribution in [0.2, 0.25) is 10.0 Å². The van der Waals surface area contributed by atoms with Crippen molar-refractivity contribution in [2.24, 2.45) is 11.7 Å². The smallest absolute Gasteiger partial charge is 0.244 e. The fourth-order valence-electron chi connectivity index (χ4n) is 2.56. The molecule has 0 radical (unpaired) electrons. The van der Waals surface area contributed by atoms with Crippen molar-refractivity contribution in [1.29, 1.82) is 0 Å². The van der Waals surface area contributed by atoms with Crippen LogP contribution in [-0.2, 0) is 10.0 Å². The molecular weight excluding hydrogens is 319 g/mol. The first-order chi connectivity index (χ1) is 9.36. The van der Waals surface area contributed by atoms with Gasteiger partial charge in [0.2, 0.25) is 10.0 Å². The molecule has 2 rings (SSSR count). The third kappa shape index (κ3) is 3.12. The molecule has 1 aromatic carbocycles. The van der Waals surface area contributed by atoms with Crippen LogP contribution in [0.4, 0.5) is 0 Å². The summed E-state index contributed by atoms with van der Waals surface area (Å²) >= 11 is 11.9. The Labute approximate surface area is 129 Å². The summed E-state index contributed by atoms with van der Waals surface area (Å²) in [5, 5.41) is 0.534. The van der Waals surface area contributed by atoms with Gasteiger partial charge < -0.3 is 5.73 Å². The van der Waals surface area contributed by atoms with Crippen LogP contribution in [0.1, 0.15) is 19.8 Å². The topological polar surface area (TPSA) is 63.4 Å². The molecule has 1 heterocycles. The summed E-state index contributed by atoms with van der Waals surface area (Å²) in [7, 11) is -3.66. The van der Waals surface area contributed by atoms with Crippen LogP contribution < -0.4 is 5.73 Å². The Morgan fingerprint density at radius 3 is 2.75 bits per heavy atom. The minimum atomic E-state index is -3.66. The highest BCUT2D eigenvalue weighted by atomic mass is 35.5. The maximum Gasteiger partial charge on any atom is 0.244 e. The van der Waals surface area contributed by atoms with Gasteiger partial charge in [-0.25, -0.2) is 8.42 Å². The van der Waals surface area contributed by atoms with Gasteiger partial charge in [-0.05, 0) is 37.0 Å². The number of hydrogen-bond donors (Lipinski definition) is 1. The molecule has 2 N–H and O–H groups in total. The van der Waals surface area contributed by atoms with Gasteiger partial charge in [0.15, 0.2) is 0 Å². The van der Waals surface area contributed by atoms with Crippen LogP contribution in [-0.4, -0.2) is 31.9 Å². The number of nitrogens with zero attached hydrogens (tertiary/aromatic N) is 1. The van der Waals surface area contributed by atoms with Crippen LogP contribution >= 0.6 is 23.2 Å². The summed E-state index contributed by atoms with van der Waals surface area (Å²) < 4.78 is 27.0. The molecule has 0 saturated carbocycles. The number of sulfonamides is 1. The molecule has 1 aliphatic rings. The van der Waals surface area contributed by atoms with E-state index in [1.807, 2.05) is 0 Å².